The number of rotatable bonds is 6. The number of carbonyl (C=O) groups excluding carboxylic acids is 2. The van der Waals surface area contributed by atoms with Crippen LogP contribution >= 0.6 is 0 Å². The first-order chi connectivity index (χ1) is 17.7. The van der Waals surface area contributed by atoms with E-state index < -0.39 is 12.3 Å². The molecule has 2 fully saturated rings. The lowest BCUT2D eigenvalue weighted by molar-refractivity contribution is -0.324. The SMILES string of the molecule is CC1=CC2=NC(=O)c3cnn(C4CCOCC4)c3C2=CC1C(=O)N1CCN(CCCOC(F)(F)F)CC1. The van der Waals surface area contributed by atoms with E-state index in [-0.39, 0.29) is 30.9 Å². The lowest BCUT2D eigenvalue weighted by Gasteiger charge is -2.37. The number of ether oxygens (including phenoxy) is 2. The van der Waals surface area contributed by atoms with Crippen molar-refractivity contribution in [3.8, 4) is 0 Å². The van der Waals surface area contributed by atoms with Crippen LogP contribution in [0.2, 0.25) is 0 Å². The topological polar surface area (TPSA) is 89.3 Å². The van der Waals surface area contributed by atoms with E-state index >= 15 is 0 Å². The summed E-state index contributed by atoms with van der Waals surface area (Å²) in [5.74, 6) is -0.846. The van der Waals surface area contributed by atoms with Crippen molar-refractivity contribution in [2.24, 2.45) is 10.9 Å². The fraction of sp³-hybridized carbons (Fsp3) is 0.600. The van der Waals surface area contributed by atoms with Crippen LogP contribution in [0.3, 0.4) is 0 Å². The Balaban J connectivity index is 1.28. The summed E-state index contributed by atoms with van der Waals surface area (Å²) in [7, 11) is 0. The Morgan fingerprint density at radius 3 is 2.62 bits per heavy atom. The standard InChI is InChI=1S/C25H30F3N5O4/c1-16-13-21-19(22-20(23(34)30-21)15-29-33(22)17-3-11-36-12-4-17)14-18(16)24(35)32-8-6-31(7-9-32)5-2-10-37-25(26,27)28/h13-15,17-18H,2-12H2,1H3. The van der Waals surface area contributed by atoms with Crippen LogP contribution in [0.5, 0.6) is 0 Å². The molecule has 3 aliphatic heterocycles. The molecule has 1 atom stereocenters. The molecule has 0 radical (unpaired) electrons. The van der Waals surface area contributed by atoms with Crippen molar-refractivity contribution in [2.75, 3.05) is 52.5 Å². The van der Waals surface area contributed by atoms with Crippen molar-refractivity contribution in [1.29, 1.82) is 0 Å². The molecule has 1 unspecified atom stereocenters. The minimum Gasteiger partial charge on any atom is -0.381 e. The second-order valence-corrected chi connectivity index (χ2v) is 9.76. The number of piperazine rings is 1. The van der Waals surface area contributed by atoms with Crippen molar-refractivity contribution < 1.29 is 32.2 Å². The van der Waals surface area contributed by atoms with Crippen molar-refractivity contribution in [2.45, 2.75) is 38.6 Å². The van der Waals surface area contributed by atoms with Crippen LogP contribution in [-0.2, 0) is 14.3 Å². The van der Waals surface area contributed by atoms with Gasteiger partial charge in [-0.3, -0.25) is 23.9 Å². The Kier molecular flexibility index (Phi) is 7.32. The van der Waals surface area contributed by atoms with Crippen molar-refractivity contribution >= 4 is 23.1 Å². The van der Waals surface area contributed by atoms with Gasteiger partial charge in [0.15, 0.2) is 0 Å². The van der Waals surface area contributed by atoms with Gasteiger partial charge >= 0.3 is 6.36 Å². The molecule has 9 nitrogen and oxygen atoms in total. The Bertz CT molecular complexity index is 1140. The third-order valence-electron chi connectivity index (χ3n) is 7.34. The molecule has 2 amide bonds. The highest BCUT2D eigenvalue weighted by Crippen LogP contribution is 2.37. The van der Waals surface area contributed by atoms with Crippen LogP contribution in [0, 0.1) is 5.92 Å². The molecule has 0 aromatic carbocycles. The molecule has 0 bridgehead atoms. The first-order valence-electron chi connectivity index (χ1n) is 12.6. The number of hydrogen-bond acceptors (Lipinski definition) is 6. The molecule has 37 heavy (non-hydrogen) atoms. The smallest absolute Gasteiger partial charge is 0.381 e. The van der Waals surface area contributed by atoms with E-state index in [2.05, 4.69) is 14.8 Å². The maximum Gasteiger partial charge on any atom is 0.522 e. The molecule has 200 valence electrons. The third kappa shape index (κ3) is 5.55. The molecular formula is C25H30F3N5O4. The number of allylic oxidation sites excluding steroid dienone is 2. The summed E-state index contributed by atoms with van der Waals surface area (Å²) in [6.07, 6.45) is 2.54. The molecule has 5 rings (SSSR count). The molecule has 0 N–H and O–H groups in total. The Labute approximate surface area is 212 Å². The minimum absolute atomic E-state index is 0.0315. The van der Waals surface area contributed by atoms with Gasteiger partial charge in [-0.05, 0) is 32.3 Å². The Hall–Kier alpha value is -2.83. The van der Waals surface area contributed by atoms with E-state index in [9.17, 15) is 22.8 Å². The van der Waals surface area contributed by atoms with Gasteiger partial charge in [-0.15, -0.1) is 13.2 Å². The second kappa shape index (κ2) is 10.5. The van der Waals surface area contributed by atoms with Gasteiger partial charge in [0.1, 0.15) is 0 Å². The van der Waals surface area contributed by atoms with E-state index in [0.29, 0.717) is 62.9 Å². The molecule has 4 heterocycles. The van der Waals surface area contributed by atoms with Gasteiger partial charge in [-0.1, -0.05) is 11.6 Å². The number of alkyl halides is 3. The van der Waals surface area contributed by atoms with E-state index in [0.717, 1.165) is 24.0 Å². The number of amides is 2. The molecule has 0 spiro atoms. The van der Waals surface area contributed by atoms with Gasteiger partial charge < -0.3 is 9.64 Å². The maximum absolute atomic E-state index is 13.5. The fourth-order valence-corrected chi connectivity index (χ4v) is 5.35. The maximum atomic E-state index is 13.5. The minimum atomic E-state index is -4.61. The molecule has 12 heteroatoms. The third-order valence-corrected chi connectivity index (χ3v) is 7.34. The van der Waals surface area contributed by atoms with E-state index in [4.69, 9.17) is 4.74 Å². The van der Waals surface area contributed by atoms with Gasteiger partial charge in [0.2, 0.25) is 5.91 Å². The number of fused-ring (bicyclic) bond motifs is 3. The van der Waals surface area contributed by atoms with E-state index in [1.165, 1.54) is 0 Å². The number of hydrogen-bond donors (Lipinski definition) is 0. The van der Waals surface area contributed by atoms with E-state index in [1.54, 1.807) is 11.1 Å². The van der Waals surface area contributed by atoms with Gasteiger partial charge in [0.25, 0.3) is 5.91 Å². The normalized spacial score (nSPS) is 23.2. The summed E-state index contributed by atoms with van der Waals surface area (Å²) in [5, 5.41) is 4.53. The summed E-state index contributed by atoms with van der Waals surface area (Å²) in [4.78, 5) is 34.4. The number of aromatic nitrogens is 2. The predicted molar refractivity (Wildman–Crippen MR) is 128 cm³/mol. The van der Waals surface area contributed by atoms with Crippen LogP contribution in [-0.4, -0.2) is 96.0 Å². The van der Waals surface area contributed by atoms with Crippen molar-refractivity contribution in [3.05, 3.63) is 35.2 Å². The summed E-state index contributed by atoms with van der Waals surface area (Å²) in [6.45, 7) is 5.41. The molecule has 2 saturated heterocycles. The monoisotopic (exact) mass is 521 g/mol. The molecule has 4 aliphatic rings. The average Bonchev–Trinajstić information content (AvgIpc) is 3.33. The Morgan fingerprint density at radius 1 is 1.19 bits per heavy atom. The highest BCUT2D eigenvalue weighted by molar-refractivity contribution is 6.36. The lowest BCUT2D eigenvalue weighted by atomic mass is 9.84. The second-order valence-electron chi connectivity index (χ2n) is 9.76. The van der Waals surface area contributed by atoms with Crippen LogP contribution in [0.1, 0.15) is 48.3 Å². The average molecular weight is 522 g/mol. The first-order valence-corrected chi connectivity index (χ1v) is 12.6. The zero-order valence-electron chi connectivity index (χ0n) is 20.7. The van der Waals surface area contributed by atoms with Crippen LogP contribution in [0.25, 0.3) is 5.57 Å². The number of nitrogens with zero attached hydrogens (tertiary/aromatic N) is 5. The van der Waals surface area contributed by atoms with Crippen molar-refractivity contribution in [3.63, 3.8) is 0 Å². The summed E-state index contributed by atoms with van der Waals surface area (Å²) >= 11 is 0. The number of halogens is 3. The summed E-state index contributed by atoms with van der Waals surface area (Å²) < 4.78 is 47.7. The van der Waals surface area contributed by atoms with Gasteiger partial charge in [0.05, 0.1) is 41.7 Å². The molecular weight excluding hydrogens is 491 g/mol. The number of carbonyl (C=O) groups is 2. The van der Waals surface area contributed by atoms with Gasteiger partial charge in [0, 0.05) is 51.5 Å². The fourth-order valence-electron chi connectivity index (χ4n) is 5.35. The molecule has 1 aliphatic carbocycles. The summed E-state index contributed by atoms with van der Waals surface area (Å²) in [5.41, 5.74) is 3.29. The zero-order valence-corrected chi connectivity index (χ0v) is 20.7. The molecule has 1 aromatic heterocycles. The van der Waals surface area contributed by atoms with Gasteiger partial charge in [-0.25, -0.2) is 4.99 Å². The van der Waals surface area contributed by atoms with Crippen LogP contribution in [0.4, 0.5) is 13.2 Å². The highest BCUT2D eigenvalue weighted by atomic mass is 19.4. The molecule has 1 aromatic rings. The quantitative estimate of drug-likeness (QED) is 0.535. The van der Waals surface area contributed by atoms with Crippen molar-refractivity contribution in [1.82, 2.24) is 19.6 Å². The van der Waals surface area contributed by atoms with Crippen LogP contribution < -0.4 is 0 Å². The molecule has 0 saturated carbocycles. The number of aliphatic imine (C=N–C) groups is 1. The van der Waals surface area contributed by atoms with Crippen LogP contribution in [0.15, 0.2) is 28.9 Å². The predicted octanol–water partition coefficient (Wildman–Crippen LogP) is 2.86. The van der Waals surface area contributed by atoms with E-state index in [1.807, 2.05) is 28.7 Å². The zero-order chi connectivity index (χ0) is 26.2. The Morgan fingerprint density at radius 2 is 1.92 bits per heavy atom. The van der Waals surface area contributed by atoms with Gasteiger partial charge in [-0.2, -0.15) is 5.10 Å². The summed E-state index contributed by atoms with van der Waals surface area (Å²) in [6, 6.07) is 0.112. The largest absolute Gasteiger partial charge is 0.522 e. The lowest BCUT2D eigenvalue weighted by Crippen LogP contribution is -2.50. The highest BCUT2D eigenvalue weighted by Gasteiger charge is 2.36. The first kappa shape index (κ1) is 25.8.